The molecule has 1 aliphatic rings. The number of benzene rings is 1. The maximum Gasteiger partial charge on any atom is 0.130 e. The van der Waals surface area contributed by atoms with E-state index in [2.05, 4.69) is 47.2 Å². The monoisotopic (exact) mass is 352 g/mol. The van der Waals surface area contributed by atoms with E-state index in [0.717, 1.165) is 23.6 Å². The van der Waals surface area contributed by atoms with Crippen molar-refractivity contribution in [1.29, 1.82) is 0 Å². The minimum absolute atomic E-state index is 0.0381. The highest BCUT2D eigenvalue weighted by molar-refractivity contribution is 5.57. The number of hydrogen-bond donors (Lipinski definition) is 1. The van der Waals surface area contributed by atoms with Crippen molar-refractivity contribution in [2.75, 3.05) is 51.1 Å². The molecular formula is C21H25FN4. The van der Waals surface area contributed by atoms with Crippen LogP contribution in [0.1, 0.15) is 17.0 Å². The summed E-state index contributed by atoms with van der Waals surface area (Å²) in [4.78, 5) is 8.51. The van der Waals surface area contributed by atoms with E-state index in [1.807, 2.05) is 42.3 Å². The van der Waals surface area contributed by atoms with Crippen LogP contribution < -0.4 is 10.2 Å². The zero-order valence-electron chi connectivity index (χ0n) is 15.5. The predicted octanol–water partition coefficient (Wildman–Crippen LogP) is 2.98. The first-order valence-electron chi connectivity index (χ1n) is 8.83. The number of likely N-dealkylation sites (N-methyl/N-ethyl adjacent to an activating group) is 1. The van der Waals surface area contributed by atoms with Crippen molar-refractivity contribution in [2.45, 2.75) is 12.0 Å². The van der Waals surface area contributed by atoms with Gasteiger partial charge in [0.05, 0.1) is 6.04 Å². The number of hydrogen-bond acceptors (Lipinski definition) is 4. The van der Waals surface area contributed by atoms with E-state index >= 15 is 0 Å². The fourth-order valence-electron chi connectivity index (χ4n) is 3.22. The first-order chi connectivity index (χ1) is 12.6. The average molecular weight is 352 g/mol. The van der Waals surface area contributed by atoms with Gasteiger partial charge in [-0.05, 0) is 44.4 Å². The molecule has 2 heterocycles. The summed E-state index contributed by atoms with van der Waals surface area (Å²) in [6.45, 7) is 0.958. The summed E-state index contributed by atoms with van der Waals surface area (Å²) in [6, 6.07) is 12.1. The number of aromatic nitrogens is 1. The first kappa shape index (κ1) is 18.2. The van der Waals surface area contributed by atoms with E-state index in [1.165, 1.54) is 5.56 Å². The average Bonchev–Trinajstić information content (AvgIpc) is 2.98. The summed E-state index contributed by atoms with van der Waals surface area (Å²) in [5, 5.41) is 3.45. The molecular weight excluding hydrogens is 327 g/mol. The number of nitrogens with one attached hydrogen (secondary N) is 1. The molecule has 1 aromatic carbocycles. The molecule has 0 saturated carbocycles. The maximum absolute atomic E-state index is 12.5. The van der Waals surface area contributed by atoms with Gasteiger partial charge in [0, 0.05) is 49.1 Å². The Hall–Kier alpha value is -2.58. The van der Waals surface area contributed by atoms with E-state index in [0.29, 0.717) is 6.54 Å². The highest BCUT2D eigenvalue weighted by Gasteiger charge is 2.31. The Labute approximate surface area is 155 Å². The highest BCUT2D eigenvalue weighted by Crippen LogP contribution is 2.34. The van der Waals surface area contributed by atoms with Gasteiger partial charge in [-0.1, -0.05) is 17.9 Å². The van der Waals surface area contributed by atoms with Gasteiger partial charge < -0.3 is 15.1 Å². The van der Waals surface area contributed by atoms with Crippen LogP contribution in [0.3, 0.4) is 0 Å². The number of rotatable bonds is 5. The predicted molar refractivity (Wildman–Crippen MR) is 106 cm³/mol. The number of alkyl halides is 1. The second-order valence-electron chi connectivity index (χ2n) is 6.86. The van der Waals surface area contributed by atoms with Crippen molar-refractivity contribution in [2.24, 2.45) is 0 Å². The second kappa shape index (κ2) is 8.20. The number of halogens is 1. The van der Waals surface area contributed by atoms with Crippen molar-refractivity contribution in [1.82, 2.24) is 9.88 Å². The van der Waals surface area contributed by atoms with Gasteiger partial charge >= 0.3 is 0 Å². The molecule has 2 unspecified atom stereocenters. The lowest BCUT2D eigenvalue weighted by Gasteiger charge is -2.19. The number of fused-ring (bicyclic) bond motifs is 1. The molecule has 2 atom stereocenters. The maximum atomic E-state index is 12.5. The van der Waals surface area contributed by atoms with Crippen LogP contribution in [0, 0.1) is 11.8 Å². The Morgan fingerprint density at radius 1 is 1.15 bits per heavy atom. The van der Waals surface area contributed by atoms with Crippen LogP contribution in [0.25, 0.3) is 0 Å². The summed E-state index contributed by atoms with van der Waals surface area (Å²) < 4.78 is 12.5. The lowest BCUT2D eigenvalue weighted by molar-refractivity contribution is 0.373. The van der Waals surface area contributed by atoms with Crippen LogP contribution in [0.15, 0.2) is 42.6 Å². The molecule has 5 heteroatoms. The standard InChI is InChI=1S/C21H25FN4/c1-25(2)15-19-18-5-4-13-23-21(18)24-20(19)11-8-16-6-9-17(10-7-16)26(3)14-12-22/h4-7,9-10,13,19-20H,12,14-15H2,1-3H3,(H,23,24). The summed E-state index contributed by atoms with van der Waals surface area (Å²) >= 11 is 0. The lowest BCUT2D eigenvalue weighted by atomic mass is 9.95. The Bertz CT molecular complexity index is 792. The molecule has 2 aromatic rings. The van der Waals surface area contributed by atoms with Gasteiger partial charge in [0.2, 0.25) is 0 Å². The van der Waals surface area contributed by atoms with Crippen molar-refractivity contribution in [3.63, 3.8) is 0 Å². The third-order valence-corrected chi connectivity index (χ3v) is 4.59. The van der Waals surface area contributed by atoms with Gasteiger partial charge in [-0.25, -0.2) is 9.37 Å². The topological polar surface area (TPSA) is 31.4 Å². The van der Waals surface area contributed by atoms with Gasteiger partial charge in [-0.15, -0.1) is 0 Å². The Balaban J connectivity index is 1.76. The summed E-state index contributed by atoms with van der Waals surface area (Å²) in [5.74, 6) is 7.86. The fourth-order valence-corrected chi connectivity index (χ4v) is 3.22. The van der Waals surface area contributed by atoms with E-state index in [9.17, 15) is 4.39 Å². The molecule has 0 amide bonds. The molecule has 1 aromatic heterocycles. The fraction of sp³-hybridized carbons (Fsp3) is 0.381. The number of nitrogens with zero attached hydrogens (tertiary/aromatic N) is 3. The Kier molecular flexibility index (Phi) is 5.75. The van der Waals surface area contributed by atoms with Gasteiger partial charge in [0.1, 0.15) is 12.5 Å². The Morgan fingerprint density at radius 2 is 1.92 bits per heavy atom. The smallest absolute Gasteiger partial charge is 0.130 e. The molecule has 136 valence electrons. The van der Waals surface area contributed by atoms with Crippen molar-refractivity contribution in [3.05, 3.63) is 53.7 Å². The summed E-state index contributed by atoms with van der Waals surface area (Å²) in [7, 11) is 6.04. The van der Waals surface area contributed by atoms with E-state index in [1.54, 1.807) is 6.20 Å². The molecule has 0 spiro atoms. The molecule has 1 N–H and O–H groups in total. The van der Waals surface area contributed by atoms with Gasteiger partial charge in [-0.2, -0.15) is 0 Å². The van der Waals surface area contributed by atoms with Crippen LogP contribution in [0.5, 0.6) is 0 Å². The molecule has 0 radical (unpaired) electrons. The van der Waals surface area contributed by atoms with Crippen LogP contribution in [0.4, 0.5) is 15.9 Å². The minimum Gasteiger partial charge on any atom is -0.372 e. The van der Waals surface area contributed by atoms with E-state index in [4.69, 9.17) is 0 Å². The molecule has 1 aliphatic heterocycles. The number of pyridine rings is 1. The van der Waals surface area contributed by atoms with Crippen molar-refractivity contribution in [3.8, 4) is 11.8 Å². The SMILES string of the molecule is CN(C)CC1c2cccnc2NC1C#Cc1ccc(N(C)CCF)cc1. The third kappa shape index (κ3) is 4.14. The van der Waals surface area contributed by atoms with Crippen LogP contribution in [0.2, 0.25) is 0 Å². The van der Waals surface area contributed by atoms with Crippen LogP contribution in [-0.2, 0) is 0 Å². The molecule has 4 nitrogen and oxygen atoms in total. The first-order valence-corrected chi connectivity index (χ1v) is 8.83. The third-order valence-electron chi connectivity index (χ3n) is 4.59. The zero-order chi connectivity index (χ0) is 18.5. The Morgan fingerprint density at radius 3 is 2.62 bits per heavy atom. The van der Waals surface area contributed by atoms with Gasteiger partial charge in [-0.3, -0.25) is 0 Å². The molecule has 26 heavy (non-hydrogen) atoms. The summed E-state index contributed by atoms with van der Waals surface area (Å²) in [5.41, 5.74) is 3.18. The van der Waals surface area contributed by atoms with Gasteiger partial charge in [0.25, 0.3) is 0 Å². The molecule has 0 aliphatic carbocycles. The number of anilines is 2. The molecule has 0 fully saturated rings. The van der Waals surface area contributed by atoms with Crippen LogP contribution in [-0.4, -0.2) is 56.8 Å². The van der Waals surface area contributed by atoms with Gasteiger partial charge in [0.15, 0.2) is 0 Å². The zero-order valence-corrected chi connectivity index (χ0v) is 15.5. The minimum atomic E-state index is -0.354. The largest absolute Gasteiger partial charge is 0.372 e. The molecule has 0 saturated heterocycles. The normalized spacial score (nSPS) is 18.0. The van der Waals surface area contributed by atoms with Crippen LogP contribution >= 0.6 is 0 Å². The van der Waals surface area contributed by atoms with E-state index in [-0.39, 0.29) is 18.6 Å². The summed E-state index contributed by atoms with van der Waals surface area (Å²) in [6.07, 6.45) is 1.81. The van der Waals surface area contributed by atoms with Crippen molar-refractivity contribution < 1.29 is 4.39 Å². The molecule has 3 rings (SSSR count). The second-order valence-corrected chi connectivity index (χ2v) is 6.86. The highest BCUT2D eigenvalue weighted by atomic mass is 19.1. The molecule has 0 bridgehead atoms. The lowest BCUT2D eigenvalue weighted by Crippen LogP contribution is -2.28. The van der Waals surface area contributed by atoms with Crippen molar-refractivity contribution >= 4 is 11.5 Å². The van der Waals surface area contributed by atoms with E-state index < -0.39 is 0 Å². The quantitative estimate of drug-likeness (QED) is 0.839.